The lowest BCUT2D eigenvalue weighted by Gasteiger charge is -2.71. The van der Waals surface area contributed by atoms with Crippen LogP contribution in [0.5, 0.6) is 0 Å². The summed E-state index contributed by atoms with van der Waals surface area (Å²) in [4.78, 5) is 55.2. The topological polar surface area (TPSA) is 146 Å². The van der Waals surface area contributed by atoms with Crippen molar-refractivity contribution in [3.05, 3.63) is 72.3 Å². The third-order valence-corrected chi connectivity index (χ3v) is 15.4. The van der Waals surface area contributed by atoms with Crippen molar-refractivity contribution in [2.24, 2.45) is 39.9 Å². The monoisotopic (exact) mass is 796 g/mol. The van der Waals surface area contributed by atoms with Crippen LogP contribution in [0.4, 0.5) is 0 Å². The lowest BCUT2D eigenvalue weighted by molar-refractivity contribution is -0.308. The Labute approximate surface area is 333 Å². The molecule has 0 saturated heterocycles. The molecule has 12 heteroatoms. The Balaban J connectivity index is 1.66. The summed E-state index contributed by atoms with van der Waals surface area (Å²) in [6, 6.07) is 19.1. The van der Waals surface area contributed by atoms with Crippen LogP contribution in [0, 0.1) is 39.9 Å². The fourth-order valence-corrected chi connectivity index (χ4v) is 12.8. The van der Waals surface area contributed by atoms with Crippen molar-refractivity contribution in [1.29, 1.82) is 0 Å². The molecule has 10 nitrogen and oxygen atoms in total. The van der Waals surface area contributed by atoms with Gasteiger partial charge in [0.1, 0.15) is 24.9 Å². The van der Waals surface area contributed by atoms with E-state index in [4.69, 9.17) is 18.9 Å². The van der Waals surface area contributed by atoms with E-state index in [0.29, 0.717) is 18.4 Å². The molecule has 3 aliphatic rings. The lowest BCUT2D eigenvalue weighted by atomic mass is 9.35. The summed E-state index contributed by atoms with van der Waals surface area (Å²) < 4.78 is 24.3. The Hall–Kier alpha value is -3.32. The van der Waals surface area contributed by atoms with Gasteiger partial charge in [0.2, 0.25) is 0 Å². The molecule has 0 amide bonds. The average molecular weight is 797 g/mol. The van der Waals surface area contributed by atoms with Gasteiger partial charge < -0.3 is 29.2 Å². The van der Waals surface area contributed by atoms with Crippen LogP contribution in [0.2, 0.25) is 0 Å². The minimum absolute atomic E-state index is 0.252. The van der Waals surface area contributed by atoms with E-state index in [2.05, 4.69) is 0 Å². The summed E-state index contributed by atoms with van der Waals surface area (Å²) in [7, 11) is 0. The molecule has 0 heterocycles. The Bertz CT molecular complexity index is 1710. The molecule has 2 aromatic carbocycles. The van der Waals surface area contributed by atoms with E-state index in [0.717, 1.165) is 9.79 Å². The van der Waals surface area contributed by atoms with E-state index in [9.17, 15) is 29.4 Å². The average Bonchev–Trinajstić information content (AvgIpc) is 3.10. The third kappa shape index (κ3) is 7.98. The number of carbonyl (C=O) groups is 4. The smallest absolute Gasteiger partial charge is 0.330 e. The molecule has 0 aliphatic heterocycles. The number of fused-ring (bicyclic) bond motifs is 3. The van der Waals surface area contributed by atoms with E-state index in [1.54, 1.807) is 13.0 Å². The first kappa shape index (κ1) is 42.8. The molecule has 55 heavy (non-hydrogen) atoms. The van der Waals surface area contributed by atoms with E-state index >= 15 is 0 Å². The van der Waals surface area contributed by atoms with Gasteiger partial charge in [0.25, 0.3) is 0 Å². The van der Waals surface area contributed by atoms with E-state index in [1.165, 1.54) is 44.3 Å². The second-order valence-corrected chi connectivity index (χ2v) is 19.0. The number of aliphatic hydroxyl groups excluding tert-OH is 1. The fraction of sp³-hybridized carbons (Fsp3) is 0.581. The van der Waals surface area contributed by atoms with Crippen molar-refractivity contribution < 1.29 is 48.3 Å². The molecule has 300 valence electrons. The van der Waals surface area contributed by atoms with Crippen molar-refractivity contribution in [3.8, 4) is 0 Å². The second-order valence-electron chi connectivity index (χ2n) is 16.4. The van der Waals surface area contributed by atoms with Crippen LogP contribution < -0.4 is 0 Å². The first-order valence-corrected chi connectivity index (χ1v) is 20.7. The first-order chi connectivity index (χ1) is 25.8. The number of benzene rings is 2. The van der Waals surface area contributed by atoms with Gasteiger partial charge in [0.05, 0.1) is 11.0 Å². The largest absolute Gasteiger partial charge is 0.463 e. The highest BCUT2D eigenvalue weighted by molar-refractivity contribution is 8.18. The van der Waals surface area contributed by atoms with Gasteiger partial charge in [-0.3, -0.25) is 14.4 Å². The number of aliphatic hydroxyl groups is 2. The van der Waals surface area contributed by atoms with Gasteiger partial charge in [-0.1, -0.05) is 87.6 Å². The van der Waals surface area contributed by atoms with Crippen molar-refractivity contribution in [3.63, 3.8) is 0 Å². The SMILES string of the molecule is CC(=O)OC1C2C(C)(CCC3C(C)(O)C(C)=CC(OC(C)=O)C32C)C(CO)C(COC(=O)C(Sc2ccccc2)Sc2ccccc2)(C(C)C)C1OC(C)=O. The Morgan fingerprint density at radius 3 is 1.84 bits per heavy atom. The molecule has 0 spiro atoms. The maximum Gasteiger partial charge on any atom is 0.330 e. The molecule has 0 bridgehead atoms. The van der Waals surface area contributed by atoms with Crippen LogP contribution >= 0.6 is 23.5 Å². The maximum atomic E-state index is 14.4. The number of esters is 4. The Kier molecular flexibility index (Phi) is 13.0. The van der Waals surface area contributed by atoms with Crippen molar-refractivity contribution >= 4 is 47.4 Å². The zero-order chi connectivity index (χ0) is 40.5. The van der Waals surface area contributed by atoms with Crippen LogP contribution in [0.3, 0.4) is 0 Å². The molecule has 3 aliphatic carbocycles. The van der Waals surface area contributed by atoms with Gasteiger partial charge in [-0.05, 0) is 73.9 Å². The van der Waals surface area contributed by atoms with Crippen LogP contribution in [-0.2, 0) is 38.1 Å². The van der Waals surface area contributed by atoms with E-state index in [-0.39, 0.29) is 19.1 Å². The summed E-state index contributed by atoms with van der Waals surface area (Å²) in [6.07, 6.45) is -0.461. The molecule has 2 aromatic rings. The molecule has 2 fully saturated rings. The summed E-state index contributed by atoms with van der Waals surface area (Å²) in [5, 5.41) is 23.8. The lowest BCUT2D eigenvalue weighted by Crippen LogP contribution is -2.76. The molecule has 2 saturated carbocycles. The predicted molar refractivity (Wildman–Crippen MR) is 211 cm³/mol. The van der Waals surface area contributed by atoms with Gasteiger partial charge >= 0.3 is 23.9 Å². The minimum atomic E-state index is -1.32. The molecular weight excluding hydrogens is 741 g/mol. The molecule has 5 rings (SSSR count). The summed E-state index contributed by atoms with van der Waals surface area (Å²) in [5.74, 6) is -4.53. The maximum absolute atomic E-state index is 14.4. The summed E-state index contributed by atoms with van der Waals surface area (Å²) >= 11 is 2.72. The highest BCUT2D eigenvalue weighted by Gasteiger charge is 2.75. The van der Waals surface area contributed by atoms with Crippen molar-refractivity contribution in [2.45, 2.75) is 113 Å². The van der Waals surface area contributed by atoms with Gasteiger partial charge in [-0.2, -0.15) is 0 Å². The predicted octanol–water partition coefficient (Wildman–Crippen LogP) is 7.25. The van der Waals surface area contributed by atoms with Crippen LogP contribution in [-0.4, -0.2) is 75.8 Å². The number of carbonyl (C=O) groups excluding carboxylic acids is 4. The summed E-state index contributed by atoms with van der Waals surface area (Å²) in [5.41, 5.74) is -3.87. The molecule has 10 unspecified atom stereocenters. The van der Waals surface area contributed by atoms with Crippen molar-refractivity contribution in [2.75, 3.05) is 13.2 Å². The quantitative estimate of drug-likeness (QED) is 0.0734. The van der Waals surface area contributed by atoms with E-state index < -0.39 is 86.4 Å². The Morgan fingerprint density at radius 2 is 1.36 bits per heavy atom. The number of hydrogen-bond donors (Lipinski definition) is 2. The number of thioether (sulfide) groups is 2. The van der Waals surface area contributed by atoms with E-state index in [1.807, 2.05) is 95.3 Å². The number of hydrogen-bond acceptors (Lipinski definition) is 12. The van der Waals surface area contributed by atoms with Gasteiger partial charge in [0, 0.05) is 60.3 Å². The van der Waals surface area contributed by atoms with Gasteiger partial charge in [0.15, 0.2) is 4.58 Å². The molecule has 2 N–H and O–H groups in total. The molecule has 0 radical (unpaired) electrons. The summed E-state index contributed by atoms with van der Waals surface area (Å²) in [6.45, 7) is 14.7. The normalized spacial score (nSPS) is 34.2. The van der Waals surface area contributed by atoms with Crippen LogP contribution in [0.15, 0.2) is 82.1 Å². The van der Waals surface area contributed by atoms with Gasteiger partial charge in [-0.25, -0.2) is 4.79 Å². The highest BCUT2D eigenvalue weighted by atomic mass is 32.2. The first-order valence-electron chi connectivity index (χ1n) is 19.0. The highest BCUT2D eigenvalue weighted by Crippen LogP contribution is 2.71. The van der Waals surface area contributed by atoms with Crippen LogP contribution in [0.25, 0.3) is 0 Å². The Morgan fingerprint density at radius 1 is 0.836 bits per heavy atom. The molecule has 10 atom stereocenters. The number of ether oxygens (including phenoxy) is 4. The zero-order valence-electron chi connectivity index (χ0n) is 33.3. The minimum Gasteiger partial charge on any atom is -0.463 e. The molecular formula is C43H56O10S2. The second kappa shape index (κ2) is 16.6. The van der Waals surface area contributed by atoms with Gasteiger partial charge in [-0.15, -0.1) is 0 Å². The van der Waals surface area contributed by atoms with Crippen molar-refractivity contribution in [1.82, 2.24) is 0 Å². The van der Waals surface area contributed by atoms with Crippen LogP contribution in [0.1, 0.15) is 75.2 Å². The standard InChI is InChI=1S/C43H56O10S2/c1-25(2)43(24-50-38(48)39(54-30-16-12-10-13-17-30)55-31-18-14-11-15-19-31)33(23-44)40(7)21-20-32-41(8,34(51-27(4)45)22-26(3)42(32,9)49)36(40)35(52-28(5)46)37(43)53-29(6)47/h10-19,22,25,32-37,39,44,49H,20-21,23-24H2,1-9H3. The third-order valence-electron chi connectivity index (χ3n) is 13.0. The number of rotatable bonds is 12. The zero-order valence-corrected chi connectivity index (χ0v) is 34.9. The fourth-order valence-electron chi connectivity index (χ4n) is 10.5. The molecule has 0 aromatic heterocycles.